The molecule has 1 fully saturated rings. The Bertz CT molecular complexity index is 693. The van der Waals surface area contributed by atoms with Crippen molar-refractivity contribution in [2.45, 2.75) is 12.8 Å². The van der Waals surface area contributed by atoms with E-state index in [1.165, 1.54) is 12.4 Å². The third-order valence-corrected chi connectivity index (χ3v) is 4.01. The van der Waals surface area contributed by atoms with Gasteiger partial charge in [-0.25, -0.2) is 4.98 Å². The van der Waals surface area contributed by atoms with Crippen LogP contribution in [0.2, 0.25) is 0 Å². The third kappa shape index (κ3) is 3.87. The fraction of sp³-hybridized carbons (Fsp3) is 0.294. The summed E-state index contributed by atoms with van der Waals surface area (Å²) in [6.45, 7) is 1.47. The number of nitrogens with one attached hydrogen (secondary N) is 2. The molecule has 7 heteroatoms. The molecule has 1 saturated heterocycles. The fourth-order valence-electron chi connectivity index (χ4n) is 2.74. The van der Waals surface area contributed by atoms with Crippen LogP contribution < -0.4 is 15.8 Å². The number of hydrogen-bond donors (Lipinski definition) is 2. The molecule has 1 aliphatic heterocycles. The number of rotatable bonds is 3. The van der Waals surface area contributed by atoms with E-state index < -0.39 is 0 Å². The molecule has 0 spiro atoms. The van der Waals surface area contributed by atoms with E-state index in [-0.39, 0.29) is 17.7 Å². The van der Waals surface area contributed by atoms with Gasteiger partial charge in [0.05, 0.1) is 5.92 Å². The molecule has 2 aromatic heterocycles. The summed E-state index contributed by atoms with van der Waals surface area (Å²) in [6.07, 6.45) is 6.51. The van der Waals surface area contributed by atoms with Crippen molar-refractivity contribution in [2.75, 3.05) is 18.0 Å². The van der Waals surface area contributed by atoms with Gasteiger partial charge in [0.25, 0.3) is 5.91 Å². The van der Waals surface area contributed by atoms with Gasteiger partial charge < -0.3 is 4.90 Å². The van der Waals surface area contributed by atoms with Crippen molar-refractivity contribution in [3.63, 3.8) is 0 Å². The maximum Gasteiger partial charge on any atom is 0.269 e. The number of piperidine rings is 1. The number of nitrogens with zero attached hydrogens (tertiary/aromatic N) is 3. The van der Waals surface area contributed by atoms with Crippen molar-refractivity contribution in [3.05, 3.63) is 54.5 Å². The van der Waals surface area contributed by atoms with Crippen LogP contribution in [0.25, 0.3) is 0 Å². The number of hydrazine groups is 1. The molecular formula is C17H19N5O2. The standard InChI is InChI=1S/C17H19N5O2/c23-16(13-6-9-18-10-7-13)20-21-17(24)14-4-3-11-22(12-14)15-5-1-2-8-19-15/h1-2,5-10,14H,3-4,11-12H2,(H,20,23)(H,21,24). The topological polar surface area (TPSA) is 87.2 Å². The molecule has 0 aliphatic carbocycles. The molecule has 0 saturated carbocycles. The molecule has 3 rings (SSSR count). The van der Waals surface area contributed by atoms with Gasteiger partial charge in [-0.1, -0.05) is 6.07 Å². The average Bonchev–Trinajstić information content (AvgIpc) is 2.67. The Labute approximate surface area is 140 Å². The number of carbonyl (C=O) groups excluding carboxylic acids is 2. The van der Waals surface area contributed by atoms with Crippen LogP contribution in [-0.2, 0) is 4.79 Å². The lowest BCUT2D eigenvalue weighted by atomic mass is 9.97. The van der Waals surface area contributed by atoms with Gasteiger partial charge in [0.15, 0.2) is 0 Å². The highest BCUT2D eigenvalue weighted by atomic mass is 16.2. The summed E-state index contributed by atoms with van der Waals surface area (Å²) in [4.78, 5) is 34.5. The molecule has 24 heavy (non-hydrogen) atoms. The second-order valence-corrected chi connectivity index (χ2v) is 5.65. The van der Waals surface area contributed by atoms with E-state index in [0.29, 0.717) is 12.1 Å². The molecule has 2 aromatic rings. The molecule has 0 aromatic carbocycles. The maximum absolute atomic E-state index is 12.3. The van der Waals surface area contributed by atoms with E-state index in [2.05, 4.69) is 25.7 Å². The Balaban J connectivity index is 1.54. The number of aromatic nitrogens is 2. The summed E-state index contributed by atoms with van der Waals surface area (Å²) < 4.78 is 0. The number of amides is 2. The minimum Gasteiger partial charge on any atom is -0.356 e. The number of anilines is 1. The molecule has 1 aliphatic rings. The van der Waals surface area contributed by atoms with E-state index in [0.717, 1.165) is 25.2 Å². The summed E-state index contributed by atoms with van der Waals surface area (Å²) in [5, 5.41) is 0. The van der Waals surface area contributed by atoms with Crippen LogP contribution in [0.5, 0.6) is 0 Å². The van der Waals surface area contributed by atoms with Gasteiger partial charge >= 0.3 is 0 Å². The lowest BCUT2D eigenvalue weighted by Crippen LogP contribution is -2.49. The zero-order valence-electron chi connectivity index (χ0n) is 13.2. The normalized spacial score (nSPS) is 17.2. The van der Waals surface area contributed by atoms with Crippen molar-refractivity contribution < 1.29 is 9.59 Å². The second kappa shape index (κ2) is 7.54. The van der Waals surface area contributed by atoms with Gasteiger partial charge in [-0.2, -0.15) is 0 Å². The molecule has 1 unspecified atom stereocenters. The number of hydrogen-bond acceptors (Lipinski definition) is 5. The molecule has 3 heterocycles. The lowest BCUT2D eigenvalue weighted by molar-refractivity contribution is -0.126. The van der Waals surface area contributed by atoms with Crippen LogP contribution >= 0.6 is 0 Å². The molecule has 2 N–H and O–H groups in total. The summed E-state index contributed by atoms with van der Waals surface area (Å²) in [5.74, 6) is 0.149. The van der Waals surface area contributed by atoms with Crippen LogP contribution in [0.1, 0.15) is 23.2 Å². The monoisotopic (exact) mass is 325 g/mol. The Kier molecular flexibility index (Phi) is 5.00. The van der Waals surface area contributed by atoms with Gasteiger partial charge in [0.2, 0.25) is 5.91 Å². The highest BCUT2D eigenvalue weighted by Crippen LogP contribution is 2.21. The Morgan fingerprint density at radius 1 is 1.08 bits per heavy atom. The van der Waals surface area contributed by atoms with Crippen molar-refractivity contribution in [1.82, 2.24) is 20.8 Å². The van der Waals surface area contributed by atoms with Crippen LogP contribution in [0, 0.1) is 5.92 Å². The van der Waals surface area contributed by atoms with Crippen molar-refractivity contribution in [1.29, 1.82) is 0 Å². The first kappa shape index (κ1) is 15.9. The zero-order valence-corrected chi connectivity index (χ0v) is 13.2. The van der Waals surface area contributed by atoms with E-state index in [1.807, 2.05) is 18.2 Å². The molecule has 0 bridgehead atoms. The van der Waals surface area contributed by atoms with Crippen molar-refractivity contribution in [2.24, 2.45) is 5.92 Å². The third-order valence-electron chi connectivity index (χ3n) is 4.01. The van der Waals surface area contributed by atoms with Crippen LogP contribution in [0.4, 0.5) is 5.82 Å². The fourth-order valence-corrected chi connectivity index (χ4v) is 2.74. The average molecular weight is 325 g/mol. The molecule has 0 radical (unpaired) electrons. The Hall–Kier alpha value is -2.96. The number of pyridine rings is 2. The zero-order chi connectivity index (χ0) is 16.8. The summed E-state index contributed by atoms with van der Waals surface area (Å²) in [6, 6.07) is 8.91. The van der Waals surface area contributed by atoms with Crippen LogP contribution in [-0.4, -0.2) is 34.9 Å². The smallest absolute Gasteiger partial charge is 0.269 e. The van der Waals surface area contributed by atoms with Gasteiger partial charge in [-0.3, -0.25) is 25.4 Å². The van der Waals surface area contributed by atoms with Gasteiger partial charge in [0.1, 0.15) is 5.82 Å². The van der Waals surface area contributed by atoms with Crippen molar-refractivity contribution in [3.8, 4) is 0 Å². The van der Waals surface area contributed by atoms with E-state index in [4.69, 9.17) is 0 Å². The van der Waals surface area contributed by atoms with E-state index >= 15 is 0 Å². The van der Waals surface area contributed by atoms with Crippen molar-refractivity contribution >= 4 is 17.6 Å². The maximum atomic E-state index is 12.3. The minimum absolute atomic E-state index is 0.182. The minimum atomic E-state index is -0.358. The van der Waals surface area contributed by atoms with Gasteiger partial charge in [-0.05, 0) is 37.1 Å². The first-order valence-corrected chi connectivity index (χ1v) is 7.90. The molecule has 124 valence electrons. The van der Waals surface area contributed by atoms with Crippen LogP contribution in [0.15, 0.2) is 48.9 Å². The van der Waals surface area contributed by atoms with Crippen LogP contribution in [0.3, 0.4) is 0 Å². The Morgan fingerprint density at radius 3 is 2.67 bits per heavy atom. The van der Waals surface area contributed by atoms with E-state index in [1.54, 1.807) is 18.3 Å². The quantitative estimate of drug-likeness (QED) is 0.827. The highest BCUT2D eigenvalue weighted by molar-refractivity contribution is 5.95. The predicted molar refractivity (Wildman–Crippen MR) is 89.0 cm³/mol. The predicted octanol–water partition coefficient (Wildman–Crippen LogP) is 1.15. The molecule has 1 atom stereocenters. The number of carbonyl (C=O) groups is 2. The van der Waals surface area contributed by atoms with E-state index in [9.17, 15) is 9.59 Å². The van der Waals surface area contributed by atoms with Gasteiger partial charge in [0, 0.05) is 37.2 Å². The second-order valence-electron chi connectivity index (χ2n) is 5.65. The SMILES string of the molecule is O=C(NNC(=O)C1CCCN(c2ccccn2)C1)c1ccncc1. The molecular weight excluding hydrogens is 306 g/mol. The van der Waals surface area contributed by atoms with Gasteiger partial charge in [-0.15, -0.1) is 0 Å². The Morgan fingerprint density at radius 2 is 1.92 bits per heavy atom. The molecule has 7 nitrogen and oxygen atoms in total. The summed E-state index contributed by atoms with van der Waals surface area (Å²) in [7, 11) is 0. The first-order chi connectivity index (χ1) is 11.7. The highest BCUT2D eigenvalue weighted by Gasteiger charge is 2.26. The largest absolute Gasteiger partial charge is 0.356 e. The summed E-state index contributed by atoms with van der Waals surface area (Å²) >= 11 is 0. The molecule has 2 amide bonds. The lowest BCUT2D eigenvalue weighted by Gasteiger charge is -2.32. The summed E-state index contributed by atoms with van der Waals surface area (Å²) in [5.41, 5.74) is 5.42. The first-order valence-electron chi connectivity index (χ1n) is 7.90.